The van der Waals surface area contributed by atoms with Gasteiger partial charge in [-0.05, 0) is 28.5 Å². The standard InChI is InChI=1S/C25H20F3NO4S/c26-25(27,28)17-8-3-7-16(13-17)23-29(20(14-34-23)24(32)33)22(31)12-11-21(30)19-10-4-6-15-5-1-2-9-18(15)19/h1-10,13,20,23H,11-12,14H2,(H,32,33)/t20-,23?/m0/s1. The number of Topliss-reactive ketones (excluding diaryl/α,β-unsaturated/α-hetero) is 1. The highest BCUT2D eigenvalue weighted by molar-refractivity contribution is 7.99. The van der Waals surface area contributed by atoms with E-state index in [0.717, 1.165) is 39.6 Å². The maximum absolute atomic E-state index is 13.2. The minimum Gasteiger partial charge on any atom is -0.480 e. The van der Waals surface area contributed by atoms with Crippen molar-refractivity contribution in [3.05, 3.63) is 83.4 Å². The molecule has 34 heavy (non-hydrogen) atoms. The van der Waals surface area contributed by atoms with Gasteiger partial charge in [-0.3, -0.25) is 9.59 Å². The highest BCUT2D eigenvalue weighted by atomic mass is 32.2. The summed E-state index contributed by atoms with van der Waals surface area (Å²) in [4.78, 5) is 38.9. The molecule has 0 bridgehead atoms. The molecule has 3 aromatic carbocycles. The fourth-order valence-corrected chi connectivity index (χ4v) is 5.51. The summed E-state index contributed by atoms with van der Waals surface area (Å²) in [6.07, 6.45) is -4.96. The molecule has 1 aliphatic heterocycles. The van der Waals surface area contributed by atoms with Crippen molar-refractivity contribution in [1.29, 1.82) is 0 Å². The predicted octanol–water partition coefficient (Wildman–Crippen LogP) is 5.55. The maximum Gasteiger partial charge on any atom is 0.416 e. The van der Waals surface area contributed by atoms with Gasteiger partial charge in [0.05, 0.1) is 5.56 Å². The molecule has 1 amide bonds. The number of hydrogen-bond acceptors (Lipinski definition) is 4. The Bertz CT molecular complexity index is 1250. The molecule has 1 unspecified atom stereocenters. The number of aliphatic carboxylic acids is 1. The van der Waals surface area contributed by atoms with Gasteiger partial charge in [0.2, 0.25) is 5.91 Å². The van der Waals surface area contributed by atoms with E-state index in [4.69, 9.17) is 0 Å². The molecule has 176 valence electrons. The number of ketones is 1. The minimum absolute atomic E-state index is 0.0409. The van der Waals surface area contributed by atoms with Crippen LogP contribution < -0.4 is 0 Å². The van der Waals surface area contributed by atoms with Crippen LogP contribution in [0.15, 0.2) is 66.7 Å². The normalized spacial score (nSPS) is 18.3. The molecule has 2 atom stereocenters. The molecule has 0 aliphatic carbocycles. The number of fused-ring (bicyclic) bond motifs is 1. The summed E-state index contributed by atoms with van der Waals surface area (Å²) in [5.74, 6) is -2.05. The lowest BCUT2D eigenvalue weighted by Gasteiger charge is -2.28. The topological polar surface area (TPSA) is 74.7 Å². The Morgan fingerprint density at radius 2 is 1.68 bits per heavy atom. The molecule has 1 fully saturated rings. The Labute approximate surface area is 197 Å². The fourth-order valence-electron chi connectivity index (χ4n) is 4.08. The van der Waals surface area contributed by atoms with E-state index in [1.807, 2.05) is 30.3 Å². The van der Waals surface area contributed by atoms with Crippen LogP contribution in [0.2, 0.25) is 0 Å². The van der Waals surface area contributed by atoms with Crippen molar-refractivity contribution in [3.8, 4) is 0 Å². The quantitative estimate of drug-likeness (QED) is 0.462. The van der Waals surface area contributed by atoms with Crippen LogP contribution in [0.1, 0.15) is 39.7 Å². The number of thioether (sulfide) groups is 1. The first-order valence-electron chi connectivity index (χ1n) is 10.5. The van der Waals surface area contributed by atoms with Gasteiger partial charge < -0.3 is 10.0 Å². The van der Waals surface area contributed by atoms with Crippen LogP contribution in [0.4, 0.5) is 13.2 Å². The zero-order chi connectivity index (χ0) is 24.5. The van der Waals surface area contributed by atoms with Crippen LogP contribution >= 0.6 is 11.8 Å². The minimum atomic E-state index is -4.56. The average molecular weight is 487 g/mol. The Morgan fingerprint density at radius 1 is 0.971 bits per heavy atom. The van der Waals surface area contributed by atoms with Crippen LogP contribution in [-0.4, -0.2) is 39.5 Å². The third-order valence-electron chi connectivity index (χ3n) is 5.73. The summed E-state index contributed by atoms with van der Waals surface area (Å²) < 4.78 is 39.5. The van der Waals surface area contributed by atoms with Crippen molar-refractivity contribution >= 4 is 40.2 Å². The molecule has 0 spiro atoms. The van der Waals surface area contributed by atoms with Crippen molar-refractivity contribution in [1.82, 2.24) is 4.90 Å². The number of halogens is 3. The predicted molar refractivity (Wildman–Crippen MR) is 122 cm³/mol. The summed E-state index contributed by atoms with van der Waals surface area (Å²) in [7, 11) is 0. The smallest absolute Gasteiger partial charge is 0.416 e. The van der Waals surface area contributed by atoms with Gasteiger partial charge >= 0.3 is 12.1 Å². The average Bonchev–Trinajstić information content (AvgIpc) is 3.27. The second-order valence-electron chi connectivity index (χ2n) is 7.91. The molecule has 1 N–H and O–H groups in total. The molecule has 0 radical (unpaired) electrons. The Balaban J connectivity index is 1.55. The van der Waals surface area contributed by atoms with Crippen molar-refractivity contribution in [3.63, 3.8) is 0 Å². The van der Waals surface area contributed by atoms with E-state index in [9.17, 15) is 32.7 Å². The van der Waals surface area contributed by atoms with E-state index < -0.39 is 35.0 Å². The van der Waals surface area contributed by atoms with Gasteiger partial charge in [0.25, 0.3) is 0 Å². The van der Waals surface area contributed by atoms with Gasteiger partial charge in [-0.15, -0.1) is 11.8 Å². The summed E-state index contributed by atoms with van der Waals surface area (Å²) in [5, 5.41) is 10.3. The Hall–Kier alpha value is -3.33. The third kappa shape index (κ3) is 4.79. The van der Waals surface area contributed by atoms with Gasteiger partial charge in [-0.25, -0.2) is 4.79 Å². The molecule has 1 heterocycles. The number of nitrogens with zero attached hydrogens (tertiary/aromatic N) is 1. The largest absolute Gasteiger partial charge is 0.480 e. The molecule has 1 saturated heterocycles. The van der Waals surface area contributed by atoms with E-state index in [1.54, 1.807) is 12.1 Å². The third-order valence-corrected chi connectivity index (χ3v) is 7.05. The number of amides is 1. The van der Waals surface area contributed by atoms with Gasteiger partial charge in [0, 0.05) is 24.2 Å². The van der Waals surface area contributed by atoms with E-state index in [2.05, 4.69) is 0 Å². The molecule has 3 aromatic rings. The van der Waals surface area contributed by atoms with Gasteiger partial charge in [-0.2, -0.15) is 13.2 Å². The molecule has 0 aromatic heterocycles. The summed E-state index contributed by atoms with van der Waals surface area (Å²) in [5.41, 5.74) is -0.217. The fraction of sp³-hybridized carbons (Fsp3) is 0.240. The second kappa shape index (κ2) is 9.50. The van der Waals surface area contributed by atoms with Crippen LogP contribution in [-0.2, 0) is 15.8 Å². The number of carboxylic acid groups (broad SMARTS) is 1. The van der Waals surface area contributed by atoms with E-state index >= 15 is 0 Å². The van der Waals surface area contributed by atoms with Gasteiger partial charge in [-0.1, -0.05) is 54.6 Å². The van der Waals surface area contributed by atoms with Gasteiger partial charge in [0.15, 0.2) is 5.78 Å². The number of carbonyl (C=O) groups is 3. The molecule has 9 heteroatoms. The first kappa shape index (κ1) is 23.8. The SMILES string of the molecule is O=C(CCC(=O)N1C(c2cccc(C(F)(F)F)c2)SC[C@H]1C(=O)O)c1cccc2ccccc12. The molecule has 4 rings (SSSR count). The number of benzene rings is 3. The van der Waals surface area contributed by atoms with Gasteiger partial charge in [0.1, 0.15) is 11.4 Å². The lowest BCUT2D eigenvalue weighted by atomic mass is 9.99. The van der Waals surface area contributed by atoms with E-state index in [0.29, 0.717) is 5.56 Å². The number of carbonyl (C=O) groups excluding carboxylic acids is 2. The van der Waals surface area contributed by atoms with Crippen LogP contribution in [0.25, 0.3) is 10.8 Å². The number of rotatable bonds is 6. The molecular weight excluding hydrogens is 467 g/mol. The molecular formula is C25H20F3NO4S. The highest BCUT2D eigenvalue weighted by Crippen LogP contribution is 2.43. The van der Waals surface area contributed by atoms with Crippen molar-refractivity contribution in [2.75, 3.05) is 5.75 Å². The lowest BCUT2D eigenvalue weighted by Crippen LogP contribution is -2.43. The first-order valence-corrected chi connectivity index (χ1v) is 11.6. The Kier molecular flexibility index (Phi) is 6.65. The van der Waals surface area contributed by atoms with E-state index in [1.165, 1.54) is 12.1 Å². The molecule has 1 aliphatic rings. The monoisotopic (exact) mass is 487 g/mol. The zero-order valence-corrected chi connectivity index (χ0v) is 18.6. The number of carboxylic acids is 1. The van der Waals surface area contributed by atoms with Crippen molar-refractivity contribution in [2.24, 2.45) is 0 Å². The van der Waals surface area contributed by atoms with Crippen LogP contribution in [0, 0.1) is 0 Å². The molecule has 0 saturated carbocycles. The molecule has 5 nitrogen and oxygen atoms in total. The lowest BCUT2D eigenvalue weighted by molar-refractivity contribution is -0.149. The van der Waals surface area contributed by atoms with Crippen LogP contribution in [0.5, 0.6) is 0 Å². The maximum atomic E-state index is 13.2. The number of hydrogen-bond donors (Lipinski definition) is 1. The Morgan fingerprint density at radius 3 is 2.41 bits per heavy atom. The first-order chi connectivity index (χ1) is 16.2. The van der Waals surface area contributed by atoms with Crippen molar-refractivity contribution in [2.45, 2.75) is 30.4 Å². The highest BCUT2D eigenvalue weighted by Gasteiger charge is 2.43. The summed E-state index contributed by atoms with van der Waals surface area (Å²) in [6, 6.07) is 16.0. The van der Waals surface area contributed by atoms with E-state index in [-0.39, 0.29) is 29.9 Å². The van der Waals surface area contributed by atoms with Crippen LogP contribution in [0.3, 0.4) is 0 Å². The van der Waals surface area contributed by atoms with Crippen molar-refractivity contribution < 1.29 is 32.7 Å². The summed E-state index contributed by atoms with van der Waals surface area (Å²) in [6.45, 7) is 0. The number of alkyl halides is 3. The second-order valence-corrected chi connectivity index (χ2v) is 9.03. The zero-order valence-electron chi connectivity index (χ0n) is 17.8. The summed E-state index contributed by atoms with van der Waals surface area (Å²) >= 11 is 1.09.